The van der Waals surface area contributed by atoms with Gasteiger partial charge in [-0.3, -0.25) is 14.9 Å². The Morgan fingerprint density at radius 2 is 2.12 bits per heavy atom. The van der Waals surface area contributed by atoms with Crippen LogP contribution in [0.1, 0.15) is 0 Å². The first-order valence-electron chi connectivity index (χ1n) is 6.90. The quantitative estimate of drug-likeness (QED) is 0.179. The number of aromatic nitrogens is 3. The molecular weight excluding hydrogens is 335 g/mol. The standard InChI is InChI=1S/C15H7FN4O5/c1-24-10-4-9(21)14(20(22)23)12-7-2-6-5-17-11(16)3-8(6)18-15(7)25-19-13(10)12/h2-5H,1H3. The third-order valence-electron chi connectivity index (χ3n) is 3.73. The van der Waals surface area contributed by atoms with Crippen molar-refractivity contribution in [2.24, 2.45) is 0 Å². The Balaban J connectivity index is 2.25. The Hall–Kier alpha value is -3.69. The van der Waals surface area contributed by atoms with Crippen LogP contribution in [0.5, 0.6) is 5.75 Å². The Kier molecular flexibility index (Phi) is 3.07. The zero-order valence-corrected chi connectivity index (χ0v) is 12.5. The molecule has 0 spiro atoms. The van der Waals surface area contributed by atoms with Crippen molar-refractivity contribution in [3.05, 3.63) is 50.7 Å². The number of halogens is 1. The summed E-state index contributed by atoms with van der Waals surface area (Å²) in [7, 11) is 1.30. The van der Waals surface area contributed by atoms with Gasteiger partial charge in [-0.15, -0.1) is 0 Å². The normalized spacial score (nSPS) is 11.3. The van der Waals surface area contributed by atoms with Crippen LogP contribution in [0.15, 0.2) is 33.7 Å². The van der Waals surface area contributed by atoms with Gasteiger partial charge in [0.1, 0.15) is 5.56 Å². The van der Waals surface area contributed by atoms with Gasteiger partial charge < -0.3 is 9.26 Å². The van der Waals surface area contributed by atoms with Crippen molar-refractivity contribution in [1.29, 1.82) is 0 Å². The summed E-state index contributed by atoms with van der Waals surface area (Å²) in [4.78, 5) is 30.4. The first-order valence-corrected chi connectivity index (χ1v) is 6.90. The van der Waals surface area contributed by atoms with Gasteiger partial charge in [0.05, 0.1) is 22.9 Å². The number of rotatable bonds is 2. The number of nitro benzene ring substituents is 1. The molecule has 0 aromatic carbocycles. The molecule has 2 aromatic rings. The van der Waals surface area contributed by atoms with E-state index in [9.17, 15) is 19.3 Å². The Labute approximate surface area is 137 Å². The smallest absolute Gasteiger partial charge is 0.326 e. The van der Waals surface area contributed by atoms with E-state index in [0.717, 1.165) is 12.1 Å². The zero-order chi connectivity index (χ0) is 17.7. The number of hydrogen-bond donors (Lipinski definition) is 0. The molecule has 0 radical (unpaired) electrons. The monoisotopic (exact) mass is 342 g/mol. The topological polar surface area (TPSA) is 121 Å². The van der Waals surface area contributed by atoms with Crippen LogP contribution < -0.4 is 10.2 Å². The van der Waals surface area contributed by atoms with Crippen molar-refractivity contribution in [2.45, 2.75) is 0 Å². The average Bonchev–Trinajstić information content (AvgIpc) is 2.58. The molecule has 9 nitrogen and oxygen atoms in total. The summed E-state index contributed by atoms with van der Waals surface area (Å²) < 4.78 is 23.5. The van der Waals surface area contributed by atoms with Crippen LogP contribution in [-0.4, -0.2) is 27.2 Å². The lowest BCUT2D eigenvalue weighted by Crippen LogP contribution is -2.12. The zero-order valence-electron chi connectivity index (χ0n) is 12.5. The average molecular weight is 342 g/mol. The molecule has 1 aliphatic carbocycles. The van der Waals surface area contributed by atoms with Crippen molar-refractivity contribution in [2.75, 3.05) is 7.11 Å². The third-order valence-corrected chi connectivity index (χ3v) is 3.73. The van der Waals surface area contributed by atoms with Crippen molar-refractivity contribution >= 4 is 27.7 Å². The van der Waals surface area contributed by atoms with Gasteiger partial charge in [0, 0.05) is 23.7 Å². The van der Waals surface area contributed by atoms with E-state index in [-0.39, 0.29) is 33.6 Å². The molecule has 0 atom stereocenters. The van der Waals surface area contributed by atoms with Gasteiger partial charge in [0.2, 0.25) is 5.95 Å². The molecule has 0 N–H and O–H groups in total. The number of fused-ring (bicyclic) bond motifs is 4. The molecule has 1 aliphatic heterocycles. The highest BCUT2D eigenvalue weighted by atomic mass is 19.1. The van der Waals surface area contributed by atoms with E-state index in [2.05, 4.69) is 15.1 Å². The molecular formula is C15H7FN4O5. The lowest BCUT2D eigenvalue weighted by Gasteiger charge is -2.11. The molecule has 2 aliphatic rings. The van der Waals surface area contributed by atoms with Crippen molar-refractivity contribution < 1.29 is 18.6 Å². The molecule has 0 fully saturated rings. The second-order valence-electron chi connectivity index (χ2n) is 5.13. The van der Waals surface area contributed by atoms with E-state index in [1.807, 2.05) is 0 Å². The fraction of sp³-hybridized carbons (Fsp3) is 0.0667. The summed E-state index contributed by atoms with van der Waals surface area (Å²) in [5.74, 6) is -0.698. The molecule has 3 heterocycles. The van der Waals surface area contributed by atoms with Gasteiger partial charge in [-0.25, -0.2) is 9.97 Å². The van der Waals surface area contributed by atoms with Gasteiger partial charge in [0.15, 0.2) is 11.4 Å². The molecule has 4 rings (SSSR count). The molecule has 2 aromatic heterocycles. The maximum Gasteiger partial charge on any atom is 0.326 e. The number of pyridine rings is 2. The maximum absolute atomic E-state index is 13.3. The Morgan fingerprint density at radius 1 is 1.32 bits per heavy atom. The van der Waals surface area contributed by atoms with E-state index in [0.29, 0.717) is 5.39 Å². The second-order valence-corrected chi connectivity index (χ2v) is 5.13. The molecule has 0 unspecified atom stereocenters. The number of methoxy groups -OCH3 is 1. The maximum atomic E-state index is 13.3. The number of ether oxygens (including phenoxy) is 1. The first kappa shape index (κ1) is 14.9. The van der Waals surface area contributed by atoms with E-state index in [1.165, 1.54) is 19.4 Å². The Morgan fingerprint density at radius 3 is 2.84 bits per heavy atom. The molecule has 124 valence electrons. The van der Waals surface area contributed by atoms with Crippen LogP contribution in [-0.2, 0) is 0 Å². The fourth-order valence-electron chi connectivity index (χ4n) is 2.66. The van der Waals surface area contributed by atoms with Crippen LogP contribution in [0.25, 0.3) is 33.3 Å². The van der Waals surface area contributed by atoms with E-state index < -0.39 is 22.0 Å². The van der Waals surface area contributed by atoms with Crippen molar-refractivity contribution in [3.8, 4) is 17.0 Å². The summed E-state index contributed by atoms with van der Waals surface area (Å²) in [6, 6.07) is 3.54. The number of hydrogen-bond acceptors (Lipinski definition) is 8. The Bertz CT molecular complexity index is 1210. The summed E-state index contributed by atoms with van der Waals surface area (Å²) >= 11 is 0. The minimum absolute atomic E-state index is 0.0116. The highest BCUT2D eigenvalue weighted by Crippen LogP contribution is 2.39. The molecule has 0 amide bonds. The van der Waals surface area contributed by atoms with E-state index in [1.54, 1.807) is 0 Å². The van der Waals surface area contributed by atoms with Gasteiger partial charge >= 0.3 is 5.69 Å². The summed E-state index contributed by atoms with van der Waals surface area (Å²) in [5, 5.41) is 15.8. The fourth-order valence-corrected chi connectivity index (χ4v) is 2.66. The van der Waals surface area contributed by atoms with Crippen molar-refractivity contribution in [1.82, 2.24) is 15.1 Å². The lowest BCUT2D eigenvalue weighted by molar-refractivity contribution is -0.385. The highest BCUT2D eigenvalue weighted by molar-refractivity contribution is 6.02. The predicted molar refractivity (Wildman–Crippen MR) is 83.2 cm³/mol. The van der Waals surface area contributed by atoms with Gasteiger partial charge in [0.25, 0.3) is 11.1 Å². The summed E-state index contributed by atoms with van der Waals surface area (Å²) in [6.45, 7) is 0. The number of benzene rings is 1. The second kappa shape index (κ2) is 5.16. The van der Waals surface area contributed by atoms with Gasteiger partial charge in [-0.1, -0.05) is 5.16 Å². The highest BCUT2D eigenvalue weighted by Gasteiger charge is 2.30. The van der Waals surface area contributed by atoms with Crippen molar-refractivity contribution in [3.63, 3.8) is 0 Å². The summed E-state index contributed by atoms with van der Waals surface area (Å²) in [6.07, 6.45) is 1.23. The van der Waals surface area contributed by atoms with Gasteiger partial charge in [-0.05, 0) is 6.07 Å². The van der Waals surface area contributed by atoms with Crippen LogP contribution in [0, 0.1) is 16.1 Å². The molecule has 0 bridgehead atoms. The molecule has 0 saturated carbocycles. The lowest BCUT2D eigenvalue weighted by atomic mass is 10.0. The van der Waals surface area contributed by atoms with Crippen LogP contribution >= 0.6 is 0 Å². The minimum Gasteiger partial charge on any atom is -0.494 e. The SMILES string of the molecule is COc1cc(=O)c([N+](=O)[O-])c2c3cc4cnc(F)cc4nc3onc1-2. The third kappa shape index (κ3) is 2.15. The van der Waals surface area contributed by atoms with E-state index >= 15 is 0 Å². The van der Waals surface area contributed by atoms with Crippen LogP contribution in [0.4, 0.5) is 10.1 Å². The largest absolute Gasteiger partial charge is 0.494 e. The van der Waals surface area contributed by atoms with E-state index in [4.69, 9.17) is 9.26 Å². The molecule has 10 heteroatoms. The number of nitrogens with zero attached hydrogens (tertiary/aromatic N) is 4. The minimum atomic E-state index is -0.832. The predicted octanol–water partition coefficient (Wildman–Crippen LogP) is 2.29. The molecule has 25 heavy (non-hydrogen) atoms. The number of nitro groups is 1. The molecule has 0 saturated heterocycles. The summed E-state index contributed by atoms with van der Waals surface area (Å²) in [5.41, 5.74) is -1.40. The van der Waals surface area contributed by atoms with Crippen LogP contribution in [0.2, 0.25) is 0 Å². The first-order chi connectivity index (χ1) is 12.0. The van der Waals surface area contributed by atoms with Gasteiger partial charge in [-0.2, -0.15) is 4.39 Å². The van der Waals surface area contributed by atoms with Crippen LogP contribution in [0.3, 0.4) is 0 Å².